The maximum atomic E-state index is 13.6. The summed E-state index contributed by atoms with van der Waals surface area (Å²) in [5.41, 5.74) is 5.00. The van der Waals surface area contributed by atoms with Gasteiger partial charge in [0.2, 0.25) is 5.91 Å². The molecule has 1 aromatic heterocycles. The minimum atomic E-state index is -0.342. The van der Waals surface area contributed by atoms with E-state index < -0.39 is 0 Å². The number of nitrogens with zero attached hydrogens (tertiary/aromatic N) is 3. The Morgan fingerprint density at radius 2 is 1.78 bits per heavy atom. The quantitative estimate of drug-likeness (QED) is 0.311. The Balaban J connectivity index is 1.12. The highest BCUT2D eigenvalue weighted by Gasteiger charge is 2.45. The lowest BCUT2D eigenvalue weighted by Crippen LogP contribution is -2.53. The van der Waals surface area contributed by atoms with Crippen LogP contribution in [0.15, 0.2) is 53.2 Å². The molecule has 3 aliphatic rings. The zero-order valence-electron chi connectivity index (χ0n) is 23.4. The predicted molar refractivity (Wildman–Crippen MR) is 164 cm³/mol. The van der Waals surface area contributed by atoms with E-state index in [0.29, 0.717) is 47.2 Å². The first-order valence-corrected chi connectivity index (χ1v) is 15.9. The molecule has 3 fully saturated rings. The van der Waals surface area contributed by atoms with Crippen LogP contribution in [0.2, 0.25) is 10.0 Å². The van der Waals surface area contributed by atoms with Crippen LogP contribution in [0.4, 0.5) is 0 Å². The van der Waals surface area contributed by atoms with Gasteiger partial charge in [-0.25, -0.2) is 0 Å². The molecule has 6 rings (SSSR count). The van der Waals surface area contributed by atoms with E-state index in [0.717, 1.165) is 42.6 Å². The fourth-order valence-corrected chi connectivity index (χ4v) is 7.79. The first-order valence-electron chi connectivity index (χ1n) is 14.2. The van der Waals surface area contributed by atoms with Crippen molar-refractivity contribution < 1.29 is 14.3 Å². The van der Waals surface area contributed by atoms with Gasteiger partial charge in [-0.05, 0) is 84.8 Å². The summed E-state index contributed by atoms with van der Waals surface area (Å²) in [6.07, 6.45) is 2.21. The number of rotatable bonds is 7. The monoisotopic (exact) mass is 611 g/mol. The minimum absolute atomic E-state index is 0.0285. The molecule has 216 valence electrons. The molecule has 0 radical (unpaired) electrons. The van der Waals surface area contributed by atoms with Gasteiger partial charge in [0.25, 0.3) is 5.91 Å². The van der Waals surface area contributed by atoms with Crippen LogP contribution in [0.1, 0.15) is 51.5 Å². The number of likely N-dealkylation sites (tertiary alicyclic amines) is 1. The Morgan fingerprint density at radius 1 is 0.976 bits per heavy atom. The van der Waals surface area contributed by atoms with Gasteiger partial charge in [0, 0.05) is 44.3 Å². The average molecular weight is 613 g/mol. The van der Waals surface area contributed by atoms with E-state index in [1.54, 1.807) is 23.5 Å². The highest BCUT2D eigenvalue weighted by molar-refractivity contribution is 7.07. The minimum Gasteiger partial charge on any atom is -0.368 e. The molecule has 2 aromatic carbocycles. The van der Waals surface area contributed by atoms with Crippen molar-refractivity contribution in [3.63, 3.8) is 0 Å². The predicted octanol–water partition coefficient (Wildman–Crippen LogP) is 6.38. The van der Waals surface area contributed by atoms with Gasteiger partial charge in [-0.1, -0.05) is 46.5 Å². The molecule has 2 saturated heterocycles. The first kappa shape index (κ1) is 28.7. The van der Waals surface area contributed by atoms with Crippen molar-refractivity contribution in [2.75, 3.05) is 32.8 Å². The van der Waals surface area contributed by atoms with Crippen molar-refractivity contribution in [1.82, 2.24) is 14.7 Å². The Bertz CT molecular complexity index is 1410. The van der Waals surface area contributed by atoms with E-state index in [-0.39, 0.29) is 30.6 Å². The standard InChI is InChI=1S/C32H35Cl2N3O3S/c1-20-9-21(2)11-24(10-20)32(39)35-6-7-37(29(17-35)23-3-4-27(33)28(34)13-23)31(38)18-40-30-14-26-12-25(30)16-36(26)15-22-5-8-41-19-22/h3-5,8-11,13,19,25-26,29-30H,6-7,12,14-18H2,1-2H3/t25-,26-,29-,30?/m0/s1. The SMILES string of the molecule is Cc1cc(C)cc(C(=O)N2CCN(C(=O)COC3C[C@@H]4C[C@H]3CN4Cc3ccsc3)[C@H](c3ccc(Cl)c(Cl)c3)C2)c1. The summed E-state index contributed by atoms with van der Waals surface area (Å²) in [5, 5.41) is 5.24. The van der Waals surface area contributed by atoms with Crippen molar-refractivity contribution in [1.29, 1.82) is 0 Å². The van der Waals surface area contributed by atoms with Gasteiger partial charge in [0.15, 0.2) is 0 Å². The van der Waals surface area contributed by atoms with Gasteiger partial charge in [-0.15, -0.1) is 0 Å². The Hall–Kier alpha value is -2.42. The van der Waals surface area contributed by atoms with E-state index in [2.05, 4.69) is 27.8 Å². The van der Waals surface area contributed by atoms with Crippen LogP contribution in [-0.4, -0.2) is 71.4 Å². The van der Waals surface area contributed by atoms with Gasteiger partial charge in [0.05, 0.1) is 22.2 Å². The summed E-state index contributed by atoms with van der Waals surface area (Å²) >= 11 is 14.3. The lowest BCUT2D eigenvalue weighted by molar-refractivity contribution is -0.144. The number of fused-ring (bicyclic) bond motifs is 2. The molecule has 9 heteroatoms. The molecule has 1 aliphatic carbocycles. The second-order valence-electron chi connectivity index (χ2n) is 11.7. The zero-order chi connectivity index (χ0) is 28.7. The van der Waals surface area contributed by atoms with Crippen LogP contribution in [0.5, 0.6) is 0 Å². The molecule has 2 amide bonds. The number of thiophene rings is 1. The summed E-state index contributed by atoms with van der Waals surface area (Å²) in [7, 11) is 0. The molecule has 3 heterocycles. The molecule has 2 aliphatic heterocycles. The number of amides is 2. The molecule has 0 N–H and O–H groups in total. The number of carbonyl (C=O) groups is 2. The van der Waals surface area contributed by atoms with Crippen molar-refractivity contribution in [3.05, 3.63) is 91.1 Å². The molecule has 41 heavy (non-hydrogen) atoms. The highest BCUT2D eigenvalue weighted by atomic mass is 35.5. The summed E-state index contributed by atoms with van der Waals surface area (Å²) < 4.78 is 6.29. The van der Waals surface area contributed by atoms with Crippen molar-refractivity contribution in [2.45, 2.75) is 51.4 Å². The number of piperidine rings is 1. The largest absolute Gasteiger partial charge is 0.368 e. The summed E-state index contributed by atoms with van der Waals surface area (Å²) in [5.74, 6) is 0.376. The molecule has 6 nitrogen and oxygen atoms in total. The normalized spacial score (nSPS) is 24.3. The number of halogens is 2. The van der Waals surface area contributed by atoms with Crippen molar-refractivity contribution in [3.8, 4) is 0 Å². The van der Waals surface area contributed by atoms with Crippen molar-refractivity contribution >= 4 is 46.4 Å². The molecule has 0 spiro atoms. The summed E-state index contributed by atoms with van der Waals surface area (Å²) in [4.78, 5) is 33.4. The molecule has 4 atom stereocenters. The van der Waals surface area contributed by atoms with Gasteiger partial charge < -0.3 is 14.5 Å². The zero-order valence-corrected chi connectivity index (χ0v) is 25.7. The molecule has 3 aromatic rings. The number of carbonyl (C=O) groups excluding carboxylic acids is 2. The number of ether oxygens (including phenoxy) is 1. The fraction of sp³-hybridized carbons (Fsp3) is 0.438. The summed E-state index contributed by atoms with van der Waals surface area (Å²) in [6.45, 7) is 7.31. The number of piperazine rings is 1. The van der Waals surface area contributed by atoms with Crippen LogP contribution >= 0.6 is 34.5 Å². The number of hydrogen-bond acceptors (Lipinski definition) is 5. The second kappa shape index (κ2) is 12.1. The first-order chi connectivity index (χ1) is 19.7. The number of benzene rings is 2. The van der Waals surface area contributed by atoms with E-state index in [9.17, 15) is 9.59 Å². The van der Waals surface area contributed by atoms with Crippen LogP contribution in [0.3, 0.4) is 0 Å². The maximum Gasteiger partial charge on any atom is 0.254 e. The lowest BCUT2D eigenvalue weighted by atomic mass is 10.0. The highest BCUT2D eigenvalue weighted by Crippen LogP contribution is 2.40. The third kappa shape index (κ3) is 6.20. The van der Waals surface area contributed by atoms with Crippen LogP contribution in [0, 0.1) is 19.8 Å². The third-order valence-corrected chi connectivity index (χ3v) is 10.2. The van der Waals surface area contributed by atoms with Crippen LogP contribution < -0.4 is 0 Å². The molecule has 1 saturated carbocycles. The Labute approximate surface area is 255 Å². The number of hydrogen-bond donors (Lipinski definition) is 0. The fourth-order valence-electron chi connectivity index (χ4n) is 6.83. The Morgan fingerprint density at radius 3 is 2.46 bits per heavy atom. The van der Waals surface area contributed by atoms with E-state index >= 15 is 0 Å². The topological polar surface area (TPSA) is 53.1 Å². The van der Waals surface area contributed by atoms with Gasteiger partial charge in [0.1, 0.15) is 6.61 Å². The van der Waals surface area contributed by atoms with Crippen LogP contribution in [-0.2, 0) is 16.1 Å². The maximum absolute atomic E-state index is 13.6. The average Bonchev–Trinajstić information content (AvgIpc) is 3.70. The van der Waals surface area contributed by atoms with Gasteiger partial charge in [-0.2, -0.15) is 11.3 Å². The van der Waals surface area contributed by atoms with E-state index in [1.165, 1.54) is 5.56 Å². The molecule has 2 bridgehead atoms. The van der Waals surface area contributed by atoms with Gasteiger partial charge in [-0.3, -0.25) is 14.5 Å². The molecular formula is C32H35Cl2N3O3S. The van der Waals surface area contributed by atoms with Crippen LogP contribution in [0.25, 0.3) is 0 Å². The lowest BCUT2D eigenvalue weighted by Gasteiger charge is -2.42. The van der Waals surface area contributed by atoms with E-state index in [4.69, 9.17) is 27.9 Å². The van der Waals surface area contributed by atoms with Gasteiger partial charge >= 0.3 is 0 Å². The molecule has 1 unspecified atom stereocenters. The van der Waals surface area contributed by atoms with Crippen molar-refractivity contribution in [2.24, 2.45) is 5.92 Å². The summed E-state index contributed by atoms with van der Waals surface area (Å²) in [6, 6.07) is 13.7. The smallest absolute Gasteiger partial charge is 0.254 e. The second-order valence-corrected chi connectivity index (χ2v) is 13.3. The van der Waals surface area contributed by atoms with E-state index in [1.807, 2.05) is 41.8 Å². The third-order valence-electron chi connectivity index (χ3n) is 8.76. The molecular weight excluding hydrogens is 577 g/mol. The Kier molecular flexibility index (Phi) is 8.44. The number of aryl methyl sites for hydroxylation is 2.